The van der Waals surface area contributed by atoms with Gasteiger partial charge in [0.1, 0.15) is 0 Å². The van der Waals surface area contributed by atoms with Gasteiger partial charge >= 0.3 is 0 Å². The molecule has 3 nitrogen and oxygen atoms in total. The first kappa shape index (κ1) is 15.0. The Bertz CT molecular complexity index is 420. The fourth-order valence-electron chi connectivity index (χ4n) is 2.28. The van der Waals surface area contributed by atoms with Crippen LogP contribution >= 0.6 is 12.4 Å². The number of nitrogens with one attached hydrogen (secondary N) is 1. The second-order valence-corrected chi connectivity index (χ2v) is 5.07. The highest BCUT2D eigenvalue weighted by Gasteiger charge is 2.26. The molecule has 0 bridgehead atoms. The SMILES string of the molecule is CC(C)C(N)C(=O)NC1CCc2ccccc21.Cl. The molecule has 0 heterocycles. The van der Waals surface area contributed by atoms with E-state index in [0.29, 0.717) is 0 Å². The van der Waals surface area contributed by atoms with Crippen LogP contribution in [0.3, 0.4) is 0 Å². The van der Waals surface area contributed by atoms with Crippen LogP contribution < -0.4 is 11.1 Å². The van der Waals surface area contributed by atoms with Gasteiger partial charge in [0.25, 0.3) is 0 Å². The maximum absolute atomic E-state index is 11.9. The van der Waals surface area contributed by atoms with E-state index >= 15 is 0 Å². The number of rotatable bonds is 3. The second kappa shape index (κ2) is 6.21. The number of carbonyl (C=O) groups is 1. The summed E-state index contributed by atoms with van der Waals surface area (Å²) in [7, 11) is 0. The van der Waals surface area contributed by atoms with Crippen LogP contribution in [0.25, 0.3) is 0 Å². The minimum absolute atomic E-state index is 0. The highest BCUT2D eigenvalue weighted by Crippen LogP contribution is 2.30. The molecule has 2 unspecified atom stereocenters. The normalized spacial score (nSPS) is 19.0. The van der Waals surface area contributed by atoms with Gasteiger partial charge in [0.15, 0.2) is 0 Å². The number of fused-ring (bicyclic) bond motifs is 1. The van der Waals surface area contributed by atoms with Crippen LogP contribution in [0.5, 0.6) is 0 Å². The Morgan fingerprint density at radius 1 is 1.39 bits per heavy atom. The van der Waals surface area contributed by atoms with E-state index in [1.807, 2.05) is 26.0 Å². The van der Waals surface area contributed by atoms with Crippen molar-refractivity contribution in [1.29, 1.82) is 0 Å². The smallest absolute Gasteiger partial charge is 0.237 e. The van der Waals surface area contributed by atoms with Crippen LogP contribution in [0.15, 0.2) is 24.3 Å². The predicted molar refractivity (Wildman–Crippen MR) is 75.7 cm³/mol. The zero-order valence-corrected chi connectivity index (χ0v) is 11.7. The van der Waals surface area contributed by atoms with Crippen molar-refractivity contribution in [2.24, 2.45) is 11.7 Å². The van der Waals surface area contributed by atoms with Crippen molar-refractivity contribution in [1.82, 2.24) is 5.32 Å². The Labute approximate surface area is 115 Å². The molecule has 1 aliphatic rings. The number of amides is 1. The summed E-state index contributed by atoms with van der Waals surface area (Å²) in [6.45, 7) is 3.93. The molecule has 1 aromatic carbocycles. The minimum atomic E-state index is -0.414. The number of benzene rings is 1. The molecular weight excluding hydrogens is 248 g/mol. The minimum Gasteiger partial charge on any atom is -0.348 e. The van der Waals surface area contributed by atoms with E-state index in [0.717, 1.165) is 12.8 Å². The molecule has 18 heavy (non-hydrogen) atoms. The summed E-state index contributed by atoms with van der Waals surface area (Å²) in [5.41, 5.74) is 8.44. The van der Waals surface area contributed by atoms with E-state index in [1.165, 1.54) is 11.1 Å². The third kappa shape index (κ3) is 3.03. The molecule has 0 radical (unpaired) electrons. The summed E-state index contributed by atoms with van der Waals surface area (Å²) in [6.07, 6.45) is 2.02. The van der Waals surface area contributed by atoms with Gasteiger partial charge in [0.2, 0.25) is 5.91 Å². The lowest BCUT2D eigenvalue weighted by atomic mass is 10.0. The molecule has 0 spiro atoms. The van der Waals surface area contributed by atoms with Crippen LogP contribution in [0.2, 0.25) is 0 Å². The maximum Gasteiger partial charge on any atom is 0.237 e. The van der Waals surface area contributed by atoms with Gasteiger partial charge in [-0.05, 0) is 29.9 Å². The summed E-state index contributed by atoms with van der Waals surface area (Å²) in [4.78, 5) is 11.9. The van der Waals surface area contributed by atoms with Gasteiger partial charge in [0.05, 0.1) is 12.1 Å². The molecule has 0 fully saturated rings. The summed E-state index contributed by atoms with van der Waals surface area (Å²) in [6, 6.07) is 8.01. The van der Waals surface area contributed by atoms with Crippen LogP contribution in [0.1, 0.15) is 37.4 Å². The van der Waals surface area contributed by atoms with Crippen molar-refractivity contribution < 1.29 is 4.79 Å². The van der Waals surface area contributed by atoms with E-state index in [-0.39, 0.29) is 30.3 Å². The summed E-state index contributed by atoms with van der Waals surface area (Å²) in [5.74, 6) is 0.133. The molecule has 0 aromatic heterocycles. The molecule has 0 saturated heterocycles. The third-order valence-corrected chi connectivity index (χ3v) is 3.47. The lowest BCUT2D eigenvalue weighted by Crippen LogP contribution is -2.44. The summed E-state index contributed by atoms with van der Waals surface area (Å²) in [5, 5.41) is 3.05. The number of carbonyl (C=O) groups excluding carboxylic acids is 1. The molecule has 1 amide bonds. The molecule has 1 aliphatic carbocycles. The van der Waals surface area contributed by atoms with Crippen molar-refractivity contribution in [2.45, 2.75) is 38.8 Å². The third-order valence-electron chi connectivity index (χ3n) is 3.47. The lowest BCUT2D eigenvalue weighted by Gasteiger charge is -2.19. The van der Waals surface area contributed by atoms with Crippen molar-refractivity contribution >= 4 is 18.3 Å². The molecule has 100 valence electrons. The molecule has 3 N–H and O–H groups in total. The van der Waals surface area contributed by atoms with Gasteiger partial charge < -0.3 is 11.1 Å². The Kier molecular flexibility index (Phi) is 5.17. The maximum atomic E-state index is 11.9. The Morgan fingerprint density at radius 2 is 2.06 bits per heavy atom. The average Bonchev–Trinajstić information content (AvgIpc) is 2.71. The number of aryl methyl sites for hydroxylation is 1. The van der Waals surface area contributed by atoms with Crippen molar-refractivity contribution in [2.75, 3.05) is 0 Å². The monoisotopic (exact) mass is 268 g/mol. The second-order valence-electron chi connectivity index (χ2n) is 5.07. The lowest BCUT2D eigenvalue weighted by molar-refractivity contribution is -0.124. The number of halogens is 1. The van der Waals surface area contributed by atoms with E-state index in [9.17, 15) is 4.79 Å². The van der Waals surface area contributed by atoms with Gasteiger partial charge in [-0.25, -0.2) is 0 Å². The van der Waals surface area contributed by atoms with Crippen molar-refractivity contribution in [3.8, 4) is 0 Å². The van der Waals surface area contributed by atoms with Crippen molar-refractivity contribution in [3.63, 3.8) is 0 Å². The van der Waals surface area contributed by atoms with Gasteiger partial charge in [-0.15, -0.1) is 12.4 Å². The van der Waals surface area contributed by atoms with Gasteiger partial charge in [-0.1, -0.05) is 38.1 Å². The van der Waals surface area contributed by atoms with Crippen LogP contribution in [0, 0.1) is 5.92 Å². The first-order valence-corrected chi connectivity index (χ1v) is 6.23. The number of hydrogen-bond acceptors (Lipinski definition) is 2. The topological polar surface area (TPSA) is 55.1 Å². The highest BCUT2D eigenvalue weighted by atomic mass is 35.5. The van der Waals surface area contributed by atoms with Gasteiger partial charge in [-0.2, -0.15) is 0 Å². The van der Waals surface area contributed by atoms with Crippen molar-refractivity contribution in [3.05, 3.63) is 35.4 Å². The molecule has 0 saturated carbocycles. The van der Waals surface area contributed by atoms with Crippen LogP contribution in [-0.2, 0) is 11.2 Å². The zero-order chi connectivity index (χ0) is 12.4. The zero-order valence-electron chi connectivity index (χ0n) is 10.8. The predicted octanol–water partition coefficient (Wildman–Crippen LogP) is 2.20. The molecular formula is C14H21ClN2O. The molecule has 1 aromatic rings. The van der Waals surface area contributed by atoms with Crippen LogP contribution in [0.4, 0.5) is 0 Å². The fourth-order valence-corrected chi connectivity index (χ4v) is 2.28. The summed E-state index contributed by atoms with van der Waals surface area (Å²) >= 11 is 0. The number of hydrogen-bond donors (Lipinski definition) is 2. The van der Waals surface area contributed by atoms with Gasteiger partial charge in [0, 0.05) is 0 Å². The van der Waals surface area contributed by atoms with E-state index in [2.05, 4.69) is 17.4 Å². The molecule has 0 aliphatic heterocycles. The largest absolute Gasteiger partial charge is 0.348 e. The first-order chi connectivity index (χ1) is 8.09. The Morgan fingerprint density at radius 3 is 2.72 bits per heavy atom. The van der Waals surface area contributed by atoms with E-state index in [1.54, 1.807) is 0 Å². The van der Waals surface area contributed by atoms with E-state index in [4.69, 9.17) is 5.73 Å². The summed E-state index contributed by atoms with van der Waals surface area (Å²) < 4.78 is 0. The molecule has 2 rings (SSSR count). The first-order valence-electron chi connectivity index (χ1n) is 6.23. The van der Waals surface area contributed by atoms with Crippen LogP contribution in [-0.4, -0.2) is 11.9 Å². The molecule has 4 heteroatoms. The number of nitrogens with two attached hydrogens (primary N) is 1. The Hall–Kier alpha value is -1.06. The molecule has 2 atom stereocenters. The standard InChI is InChI=1S/C14H20N2O.ClH/c1-9(2)13(15)14(17)16-12-8-7-10-5-3-4-6-11(10)12;/h3-6,9,12-13H,7-8,15H2,1-2H3,(H,16,17);1H. The quantitative estimate of drug-likeness (QED) is 0.883. The average molecular weight is 269 g/mol. The fraction of sp³-hybridized carbons (Fsp3) is 0.500. The van der Waals surface area contributed by atoms with E-state index < -0.39 is 6.04 Å². The Balaban J connectivity index is 0.00000162. The highest BCUT2D eigenvalue weighted by molar-refractivity contribution is 5.85. The van der Waals surface area contributed by atoms with Gasteiger partial charge in [-0.3, -0.25) is 4.79 Å².